The second-order valence-electron chi connectivity index (χ2n) is 5.61. The molecule has 0 fully saturated rings. The lowest BCUT2D eigenvalue weighted by Gasteiger charge is -2.18. The van der Waals surface area contributed by atoms with Crippen LogP contribution < -0.4 is 15.0 Å². The number of benzene rings is 1. The largest absolute Gasteiger partial charge is 0.497 e. The maximum atomic E-state index is 5.32. The van der Waals surface area contributed by atoms with Gasteiger partial charge in [0.2, 0.25) is 0 Å². The quantitative estimate of drug-likeness (QED) is 0.862. The van der Waals surface area contributed by atoms with Crippen molar-refractivity contribution < 1.29 is 4.74 Å². The van der Waals surface area contributed by atoms with E-state index in [1.165, 1.54) is 11.3 Å². The number of ether oxygens (including phenoxy) is 1. The number of anilines is 1. The minimum absolute atomic E-state index is 0.295. The van der Waals surface area contributed by atoms with Gasteiger partial charge in [-0.1, -0.05) is 24.0 Å². The highest BCUT2D eigenvalue weighted by Crippen LogP contribution is 2.29. The van der Waals surface area contributed by atoms with Crippen LogP contribution in [0, 0.1) is 0 Å². The minimum atomic E-state index is -0.295. The standard InChI is InChI=1S/C15H21N3OS2/c1-15(2)13(20)16-14(17-15)21-9-10-8-11(19-5)6-7-12(10)18(3)4/h6-8H,9H2,1-5H3,(H,16,17,20). The molecule has 0 radical (unpaired) electrons. The van der Waals surface area contributed by atoms with Crippen LogP contribution in [-0.4, -0.2) is 36.9 Å². The van der Waals surface area contributed by atoms with Gasteiger partial charge in [0.1, 0.15) is 16.3 Å². The zero-order valence-electron chi connectivity index (χ0n) is 13.1. The first kappa shape index (κ1) is 16.1. The van der Waals surface area contributed by atoms with Gasteiger partial charge in [0.15, 0.2) is 5.17 Å². The lowest BCUT2D eigenvalue weighted by molar-refractivity contribution is 0.414. The molecule has 0 aliphatic carbocycles. The summed E-state index contributed by atoms with van der Waals surface area (Å²) in [4.78, 5) is 7.50. The van der Waals surface area contributed by atoms with Gasteiger partial charge in [-0.15, -0.1) is 0 Å². The molecule has 1 aliphatic rings. The molecule has 1 heterocycles. The fourth-order valence-electron chi connectivity index (χ4n) is 2.04. The smallest absolute Gasteiger partial charge is 0.162 e. The fraction of sp³-hybridized carbons (Fsp3) is 0.467. The van der Waals surface area contributed by atoms with E-state index in [-0.39, 0.29) is 5.54 Å². The van der Waals surface area contributed by atoms with Crippen LogP contribution in [0.1, 0.15) is 19.4 Å². The molecule has 1 aliphatic heterocycles. The fourth-order valence-corrected chi connectivity index (χ4v) is 3.24. The summed E-state index contributed by atoms with van der Waals surface area (Å²) in [5, 5.41) is 4.08. The summed E-state index contributed by atoms with van der Waals surface area (Å²) in [7, 11) is 5.77. The van der Waals surface area contributed by atoms with Crippen LogP contribution >= 0.6 is 24.0 Å². The molecule has 114 valence electrons. The summed E-state index contributed by atoms with van der Waals surface area (Å²) < 4.78 is 5.32. The van der Waals surface area contributed by atoms with Crippen LogP contribution in [0.5, 0.6) is 5.75 Å². The Kier molecular flexibility index (Phi) is 4.78. The minimum Gasteiger partial charge on any atom is -0.497 e. The van der Waals surface area contributed by atoms with Gasteiger partial charge >= 0.3 is 0 Å². The number of nitrogens with one attached hydrogen (secondary N) is 1. The molecule has 1 aromatic carbocycles. The van der Waals surface area contributed by atoms with Crippen LogP contribution in [0.4, 0.5) is 5.69 Å². The Hall–Kier alpha value is -1.27. The predicted molar refractivity (Wildman–Crippen MR) is 95.9 cm³/mol. The van der Waals surface area contributed by atoms with Crippen molar-refractivity contribution in [2.45, 2.75) is 25.1 Å². The average molecular weight is 323 g/mol. The Morgan fingerprint density at radius 3 is 2.62 bits per heavy atom. The van der Waals surface area contributed by atoms with Gasteiger partial charge in [0, 0.05) is 25.5 Å². The Labute approximate surface area is 136 Å². The maximum Gasteiger partial charge on any atom is 0.162 e. The van der Waals surface area contributed by atoms with Crippen molar-refractivity contribution in [2.75, 3.05) is 26.1 Å². The lowest BCUT2D eigenvalue weighted by Crippen LogP contribution is -2.32. The first-order chi connectivity index (χ1) is 9.83. The Morgan fingerprint density at radius 1 is 1.38 bits per heavy atom. The Morgan fingerprint density at radius 2 is 2.10 bits per heavy atom. The topological polar surface area (TPSA) is 36.9 Å². The van der Waals surface area contributed by atoms with Crippen molar-refractivity contribution in [2.24, 2.45) is 4.99 Å². The molecule has 0 saturated carbocycles. The van der Waals surface area contributed by atoms with Gasteiger partial charge in [0.25, 0.3) is 0 Å². The SMILES string of the molecule is COc1ccc(N(C)C)c(CSC2=NC(C)(C)C(=S)N2)c1. The highest BCUT2D eigenvalue weighted by atomic mass is 32.2. The molecular formula is C15H21N3OS2. The van der Waals surface area contributed by atoms with Gasteiger partial charge in [-0.05, 0) is 37.6 Å². The van der Waals surface area contributed by atoms with Gasteiger partial charge < -0.3 is 15.0 Å². The van der Waals surface area contributed by atoms with Crippen molar-refractivity contribution in [1.82, 2.24) is 5.32 Å². The third-order valence-electron chi connectivity index (χ3n) is 3.29. The molecule has 0 saturated heterocycles. The number of amidine groups is 1. The molecule has 0 aromatic heterocycles. The number of hydrogen-bond acceptors (Lipinski definition) is 5. The molecule has 21 heavy (non-hydrogen) atoms. The maximum absolute atomic E-state index is 5.32. The van der Waals surface area contributed by atoms with Crippen molar-refractivity contribution in [3.05, 3.63) is 23.8 Å². The second kappa shape index (κ2) is 6.23. The monoisotopic (exact) mass is 323 g/mol. The van der Waals surface area contributed by atoms with E-state index in [2.05, 4.69) is 27.3 Å². The number of rotatable bonds is 4. The molecular weight excluding hydrogens is 302 g/mol. The van der Waals surface area contributed by atoms with Crippen molar-refractivity contribution in [3.8, 4) is 5.75 Å². The summed E-state index contributed by atoms with van der Waals surface area (Å²) in [6, 6.07) is 6.13. The van der Waals surface area contributed by atoms with Crippen LogP contribution in [-0.2, 0) is 5.75 Å². The Balaban J connectivity index is 2.15. The van der Waals surface area contributed by atoms with Gasteiger partial charge in [-0.25, -0.2) is 4.99 Å². The predicted octanol–water partition coefficient (Wildman–Crippen LogP) is 3.06. The van der Waals surface area contributed by atoms with E-state index in [1.807, 2.05) is 34.0 Å². The van der Waals surface area contributed by atoms with Crippen molar-refractivity contribution in [3.63, 3.8) is 0 Å². The number of hydrogen-bond donors (Lipinski definition) is 1. The van der Waals surface area contributed by atoms with E-state index in [4.69, 9.17) is 17.0 Å². The highest BCUT2D eigenvalue weighted by molar-refractivity contribution is 8.13. The molecule has 1 aromatic rings. The molecule has 6 heteroatoms. The molecule has 1 N–H and O–H groups in total. The molecule has 0 unspecified atom stereocenters. The second-order valence-corrected chi connectivity index (χ2v) is 6.98. The molecule has 2 rings (SSSR count). The van der Waals surface area contributed by atoms with Crippen LogP contribution in [0.2, 0.25) is 0 Å². The zero-order valence-corrected chi connectivity index (χ0v) is 14.7. The summed E-state index contributed by atoms with van der Waals surface area (Å²) >= 11 is 6.97. The van der Waals surface area contributed by atoms with E-state index in [0.717, 1.165) is 21.7 Å². The van der Waals surface area contributed by atoms with E-state index in [0.29, 0.717) is 0 Å². The summed E-state index contributed by atoms with van der Waals surface area (Å²) in [6.07, 6.45) is 0. The first-order valence-corrected chi connectivity index (χ1v) is 8.11. The average Bonchev–Trinajstić information content (AvgIpc) is 2.69. The number of aliphatic imine (C=N–C) groups is 1. The van der Waals surface area contributed by atoms with Gasteiger partial charge in [-0.2, -0.15) is 0 Å². The number of thiocarbonyl (C=S) groups is 1. The third-order valence-corrected chi connectivity index (χ3v) is 4.81. The van der Waals surface area contributed by atoms with E-state index in [1.54, 1.807) is 18.9 Å². The molecule has 0 amide bonds. The van der Waals surface area contributed by atoms with Gasteiger partial charge in [-0.3, -0.25) is 0 Å². The van der Waals surface area contributed by atoms with E-state index < -0.39 is 0 Å². The zero-order chi connectivity index (χ0) is 15.6. The number of nitrogens with zero attached hydrogens (tertiary/aromatic N) is 2. The third kappa shape index (κ3) is 3.68. The first-order valence-electron chi connectivity index (χ1n) is 6.72. The van der Waals surface area contributed by atoms with Crippen LogP contribution in [0.3, 0.4) is 0 Å². The highest BCUT2D eigenvalue weighted by Gasteiger charge is 2.30. The Bertz CT molecular complexity index is 582. The van der Waals surface area contributed by atoms with Gasteiger partial charge in [0.05, 0.1) is 7.11 Å². The van der Waals surface area contributed by atoms with E-state index >= 15 is 0 Å². The molecule has 0 atom stereocenters. The summed E-state index contributed by atoms with van der Waals surface area (Å²) in [5.74, 6) is 1.68. The molecule has 0 spiro atoms. The van der Waals surface area contributed by atoms with Crippen LogP contribution in [0.15, 0.2) is 23.2 Å². The molecule has 4 nitrogen and oxygen atoms in total. The molecule has 0 bridgehead atoms. The van der Waals surface area contributed by atoms with Crippen molar-refractivity contribution in [1.29, 1.82) is 0 Å². The summed E-state index contributed by atoms with van der Waals surface area (Å²) in [5.41, 5.74) is 2.10. The normalized spacial score (nSPS) is 16.4. The summed E-state index contributed by atoms with van der Waals surface area (Å²) in [6.45, 7) is 4.04. The number of thioether (sulfide) groups is 1. The van der Waals surface area contributed by atoms with Crippen molar-refractivity contribution >= 4 is 39.8 Å². The van der Waals surface area contributed by atoms with Crippen LogP contribution in [0.25, 0.3) is 0 Å². The lowest BCUT2D eigenvalue weighted by atomic mass is 10.1. The number of methoxy groups -OCH3 is 1. The van der Waals surface area contributed by atoms with E-state index in [9.17, 15) is 0 Å².